The lowest BCUT2D eigenvalue weighted by molar-refractivity contribution is -0.130. The minimum atomic E-state index is -0.0280. The molecule has 3 rings (SSSR count). The summed E-state index contributed by atoms with van der Waals surface area (Å²) in [6.07, 6.45) is 1.09. The van der Waals surface area contributed by atoms with Crippen molar-refractivity contribution in [1.29, 1.82) is 0 Å². The van der Waals surface area contributed by atoms with Crippen LogP contribution < -0.4 is 0 Å². The van der Waals surface area contributed by atoms with Gasteiger partial charge in [0, 0.05) is 44.5 Å². The number of carbonyl (C=O) groups excluding carboxylic acids is 2. The number of aromatic nitrogens is 1. The van der Waals surface area contributed by atoms with E-state index < -0.39 is 0 Å². The van der Waals surface area contributed by atoms with E-state index >= 15 is 0 Å². The third-order valence-corrected chi connectivity index (χ3v) is 5.74. The van der Waals surface area contributed by atoms with Gasteiger partial charge in [-0.05, 0) is 30.2 Å². The predicted molar refractivity (Wildman–Crippen MR) is 121 cm³/mol. The lowest BCUT2D eigenvalue weighted by Crippen LogP contribution is -2.31. The normalized spacial score (nSPS) is 10.6. The number of hydrogen-bond acceptors (Lipinski definition) is 4. The third kappa shape index (κ3) is 5.76. The Labute approximate surface area is 182 Å². The molecule has 30 heavy (non-hydrogen) atoms. The molecule has 1 aromatic heterocycles. The van der Waals surface area contributed by atoms with Crippen molar-refractivity contribution in [3.63, 3.8) is 0 Å². The quantitative estimate of drug-likeness (QED) is 0.552. The average molecular weight is 422 g/mol. The van der Waals surface area contributed by atoms with E-state index in [2.05, 4.69) is 17.1 Å². The second-order valence-electron chi connectivity index (χ2n) is 7.38. The molecule has 3 aromatic rings. The molecule has 0 radical (unpaired) electrons. The van der Waals surface area contributed by atoms with Gasteiger partial charge in [-0.2, -0.15) is 0 Å². The van der Waals surface area contributed by atoms with E-state index in [1.54, 1.807) is 30.3 Å². The van der Waals surface area contributed by atoms with Crippen LogP contribution in [0.5, 0.6) is 0 Å². The van der Waals surface area contributed by atoms with Crippen LogP contribution in [-0.4, -0.2) is 47.2 Å². The topological polar surface area (TPSA) is 53.5 Å². The van der Waals surface area contributed by atoms with Crippen LogP contribution in [0.15, 0.2) is 60.0 Å². The van der Waals surface area contributed by atoms with Gasteiger partial charge in [0.05, 0.1) is 17.1 Å². The third-order valence-electron chi connectivity index (χ3n) is 4.84. The van der Waals surface area contributed by atoms with Crippen LogP contribution in [0.3, 0.4) is 0 Å². The second kappa shape index (κ2) is 10.2. The van der Waals surface area contributed by atoms with E-state index in [0.29, 0.717) is 25.1 Å². The van der Waals surface area contributed by atoms with E-state index in [1.807, 2.05) is 59.7 Å². The number of carbonyl (C=O) groups is 2. The fraction of sp³-hybridized carbons (Fsp3) is 0.292. The average Bonchev–Trinajstić information content (AvgIpc) is 3.19. The molecule has 0 unspecified atom stereocenters. The van der Waals surface area contributed by atoms with Gasteiger partial charge in [0.2, 0.25) is 5.91 Å². The Hall–Kier alpha value is -2.99. The monoisotopic (exact) mass is 421 g/mol. The number of rotatable bonds is 8. The molecule has 0 saturated heterocycles. The lowest BCUT2D eigenvalue weighted by Gasteiger charge is -2.21. The SMILES string of the molecule is CCN(Cc1ccc(C(=O)N(C)C)cc1)C(=O)Cc1csc(Cc2ccccc2)n1. The van der Waals surface area contributed by atoms with Gasteiger partial charge in [-0.1, -0.05) is 42.5 Å². The van der Waals surface area contributed by atoms with Crippen molar-refractivity contribution in [1.82, 2.24) is 14.8 Å². The molecule has 0 aliphatic carbocycles. The van der Waals surface area contributed by atoms with Crippen molar-refractivity contribution in [2.45, 2.75) is 26.3 Å². The van der Waals surface area contributed by atoms with Gasteiger partial charge in [-0.25, -0.2) is 4.98 Å². The smallest absolute Gasteiger partial charge is 0.253 e. The zero-order chi connectivity index (χ0) is 21.5. The molecule has 0 aliphatic rings. The Balaban J connectivity index is 1.59. The molecule has 0 aliphatic heterocycles. The van der Waals surface area contributed by atoms with Crippen LogP contribution in [-0.2, 0) is 24.2 Å². The van der Waals surface area contributed by atoms with Crippen molar-refractivity contribution in [3.8, 4) is 0 Å². The minimum Gasteiger partial charge on any atom is -0.345 e. The molecule has 5 nitrogen and oxygen atoms in total. The highest BCUT2D eigenvalue weighted by Crippen LogP contribution is 2.16. The summed E-state index contributed by atoms with van der Waals surface area (Å²) in [5, 5.41) is 3.00. The first-order chi connectivity index (χ1) is 14.5. The fourth-order valence-electron chi connectivity index (χ4n) is 3.16. The van der Waals surface area contributed by atoms with Crippen LogP contribution in [0.1, 0.15) is 39.1 Å². The molecule has 2 amide bonds. The van der Waals surface area contributed by atoms with Gasteiger partial charge < -0.3 is 9.80 Å². The van der Waals surface area contributed by atoms with Gasteiger partial charge in [0.25, 0.3) is 5.91 Å². The number of hydrogen-bond donors (Lipinski definition) is 0. The molecule has 2 aromatic carbocycles. The molecular formula is C24H27N3O2S. The maximum atomic E-state index is 12.8. The second-order valence-corrected chi connectivity index (χ2v) is 8.32. The largest absolute Gasteiger partial charge is 0.345 e. The number of amides is 2. The summed E-state index contributed by atoms with van der Waals surface area (Å²) in [5.74, 6) is 0.0299. The van der Waals surface area contributed by atoms with Crippen molar-refractivity contribution in [3.05, 3.63) is 87.4 Å². The summed E-state index contributed by atoms with van der Waals surface area (Å²) >= 11 is 1.60. The first kappa shape index (κ1) is 21.7. The van der Waals surface area contributed by atoms with Crippen LogP contribution in [0, 0.1) is 0 Å². The van der Waals surface area contributed by atoms with E-state index in [9.17, 15) is 9.59 Å². The zero-order valence-corrected chi connectivity index (χ0v) is 18.5. The Kier molecular flexibility index (Phi) is 7.36. The van der Waals surface area contributed by atoms with E-state index in [0.717, 1.165) is 22.7 Å². The molecule has 156 valence electrons. The van der Waals surface area contributed by atoms with E-state index in [-0.39, 0.29) is 11.8 Å². The summed E-state index contributed by atoms with van der Waals surface area (Å²) < 4.78 is 0. The molecule has 0 fully saturated rings. The van der Waals surface area contributed by atoms with Gasteiger partial charge in [0.1, 0.15) is 0 Å². The summed E-state index contributed by atoms with van der Waals surface area (Å²) in [6.45, 7) is 3.12. The first-order valence-electron chi connectivity index (χ1n) is 10.0. The van der Waals surface area contributed by atoms with E-state index in [1.165, 1.54) is 5.56 Å². The number of likely N-dealkylation sites (N-methyl/N-ethyl adjacent to an activating group) is 1. The van der Waals surface area contributed by atoms with Gasteiger partial charge in [0.15, 0.2) is 0 Å². The molecule has 0 saturated carbocycles. The maximum absolute atomic E-state index is 12.8. The highest BCUT2D eigenvalue weighted by molar-refractivity contribution is 7.09. The molecule has 0 spiro atoms. The van der Waals surface area contributed by atoms with Crippen molar-refractivity contribution < 1.29 is 9.59 Å². The van der Waals surface area contributed by atoms with Crippen LogP contribution in [0.4, 0.5) is 0 Å². The summed E-state index contributed by atoms with van der Waals surface area (Å²) in [4.78, 5) is 32.8. The maximum Gasteiger partial charge on any atom is 0.253 e. The zero-order valence-electron chi connectivity index (χ0n) is 17.7. The lowest BCUT2D eigenvalue weighted by atomic mass is 10.1. The molecule has 6 heteroatoms. The number of benzene rings is 2. The van der Waals surface area contributed by atoms with Crippen LogP contribution >= 0.6 is 11.3 Å². The molecular weight excluding hydrogens is 394 g/mol. The molecule has 0 N–H and O–H groups in total. The Morgan fingerprint density at radius 2 is 1.67 bits per heavy atom. The predicted octanol–water partition coefficient (Wildman–Crippen LogP) is 4.03. The minimum absolute atomic E-state index is 0.0280. The highest BCUT2D eigenvalue weighted by Gasteiger charge is 2.16. The summed E-state index contributed by atoms with van der Waals surface area (Å²) in [5.41, 5.74) is 3.69. The fourth-order valence-corrected chi connectivity index (χ4v) is 3.98. The number of nitrogens with zero attached hydrogens (tertiary/aromatic N) is 3. The Bertz CT molecular complexity index is 981. The van der Waals surface area contributed by atoms with E-state index in [4.69, 9.17) is 0 Å². The van der Waals surface area contributed by atoms with Gasteiger partial charge in [-0.15, -0.1) is 11.3 Å². The van der Waals surface area contributed by atoms with Crippen LogP contribution in [0.25, 0.3) is 0 Å². The van der Waals surface area contributed by atoms with Gasteiger partial charge >= 0.3 is 0 Å². The highest BCUT2D eigenvalue weighted by atomic mass is 32.1. The number of thiazole rings is 1. The van der Waals surface area contributed by atoms with Crippen molar-refractivity contribution >= 4 is 23.2 Å². The molecule has 1 heterocycles. The summed E-state index contributed by atoms with van der Waals surface area (Å²) in [7, 11) is 3.47. The first-order valence-corrected chi connectivity index (χ1v) is 10.9. The van der Waals surface area contributed by atoms with Crippen LogP contribution in [0.2, 0.25) is 0 Å². The van der Waals surface area contributed by atoms with Crippen molar-refractivity contribution in [2.24, 2.45) is 0 Å². The molecule has 0 bridgehead atoms. The Morgan fingerprint density at radius 1 is 0.967 bits per heavy atom. The Morgan fingerprint density at radius 3 is 2.30 bits per heavy atom. The molecule has 0 atom stereocenters. The standard InChI is InChI=1S/C24H27N3O2S/c1-4-27(16-19-10-12-20(13-11-19)24(29)26(2)3)23(28)15-21-17-30-22(25-21)14-18-8-6-5-7-9-18/h5-13,17H,4,14-16H2,1-3H3. The summed E-state index contributed by atoms with van der Waals surface area (Å²) in [6, 6.07) is 17.7. The van der Waals surface area contributed by atoms with Crippen molar-refractivity contribution in [2.75, 3.05) is 20.6 Å². The van der Waals surface area contributed by atoms with Gasteiger partial charge in [-0.3, -0.25) is 9.59 Å².